The second-order valence-corrected chi connectivity index (χ2v) is 7.82. The molecule has 1 aromatic carbocycles. The normalized spacial score (nSPS) is 22.5. The number of rotatable bonds is 9. The summed E-state index contributed by atoms with van der Waals surface area (Å²) in [5.74, 6) is 1.68. The van der Waals surface area contributed by atoms with E-state index in [1.807, 2.05) is 6.92 Å². The van der Waals surface area contributed by atoms with E-state index in [0.717, 1.165) is 65.0 Å². The SMILES string of the molecule is CCNC(=NCC(C1CCOC1)N1CCOCC1)NCC(C)Oc1ccc(F)cc1. The molecule has 2 N–H and O–H groups in total. The molecule has 3 atom stereocenters. The first-order valence-electron chi connectivity index (χ1n) is 11.0. The third-order valence-corrected chi connectivity index (χ3v) is 5.51. The maximum absolute atomic E-state index is 13.0. The van der Waals surface area contributed by atoms with Crippen LogP contribution in [-0.4, -0.2) is 82.2 Å². The molecule has 168 valence electrons. The average Bonchev–Trinajstić information content (AvgIpc) is 3.29. The molecular formula is C22H35FN4O3. The summed E-state index contributed by atoms with van der Waals surface area (Å²) in [4.78, 5) is 7.37. The first-order valence-corrected chi connectivity index (χ1v) is 11.0. The summed E-state index contributed by atoms with van der Waals surface area (Å²) in [7, 11) is 0. The van der Waals surface area contributed by atoms with Crippen LogP contribution in [0.3, 0.4) is 0 Å². The highest BCUT2D eigenvalue weighted by atomic mass is 19.1. The summed E-state index contributed by atoms with van der Waals surface area (Å²) in [6, 6.07) is 6.45. The van der Waals surface area contributed by atoms with Gasteiger partial charge in [0, 0.05) is 38.2 Å². The molecule has 2 fully saturated rings. The van der Waals surface area contributed by atoms with Gasteiger partial charge < -0.3 is 24.8 Å². The number of nitrogens with one attached hydrogen (secondary N) is 2. The minimum absolute atomic E-state index is 0.0856. The number of nitrogens with zero attached hydrogens (tertiary/aromatic N) is 2. The van der Waals surface area contributed by atoms with E-state index >= 15 is 0 Å². The summed E-state index contributed by atoms with van der Waals surface area (Å²) < 4.78 is 30.1. The number of guanidine groups is 1. The average molecular weight is 423 g/mol. The molecule has 3 unspecified atom stereocenters. The predicted molar refractivity (Wildman–Crippen MR) is 116 cm³/mol. The van der Waals surface area contributed by atoms with Crippen molar-refractivity contribution in [2.75, 3.05) is 59.2 Å². The van der Waals surface area contributed by atoms with Crippen LogP contribution in [0.5, 0.6) is 5.75 Å². The Kier molecular flexibility index (Phi) is 9.17. The highest BCUT2D eigenvalue weighted by Gasteiger charge is 2.31. The van der Waals surface area contributed by atoms with Gasteiger partial charge in [0.15, 0.2) is 5.96 Å². The molecule has 1 aromatic rings. The fraction of sp³-hybridized carbons (Fsp3) is 0.682. The van der Waals surface area contributed by atoms with Crippen molar-refractivity contribution in [2.45, 2.75) is 32.4 Å². The fourth-order valence-corrected chi connectivity index (χ4v) is 3.88. The zero-order chi connectivity index (χ0) is 21.2. The van der Waals surface area contributed by atoms with E-state index in [4.69, 9.17) is 19.2 Å². The van der Waals surface area contributed by atoms with Crippen molar-refractivity contribution in [2.24, 2.45) is 10.9 Å². The number of hydrogen-bond acceptors (Lipinski definition) is 5. The third-order valence-electron chi connectivity index (χ3n) is 5.51. The predicted octanol–water partition coefficient (Wildman–Crippen LogP) is 1.89. The minimum atomic E-state index is -0.267. The van der Waals surface area contributed by atoms with Gasteiger partial charge in [0.2, 0.25) is 0 Å². The molecular weight excluding hydrogens is 387 g/mol. The minimum Gasteiger partial charge on any atom is -0.489 e. The Morgan fingerprint density at radius 2 is 1.97 bits per heavy atom. The highest BCUT2D eigenvalue weighted by molar-refractivity contribution is 5.79. The van der Waals surface area contributed by atoms with Crippen molar-refractivity contribution in [1.29, 1.82) is 0 Å². The van der Waals surface area contributed by atoms with Gasteiger partial charge >= 0.3 is 0 Å². The van der Waals surface area contributed by atoms with Crippen LogP contribution < -0.4 is 15.4 Å². The van der Waals surface area contributed by atoms with E-state index in [9.17, 15) is 4.39 Å². The quantitative estimate of drug-likeness (QED) is 0.468. The van der Waals surface area contributed by atoms with Crippen LogP contribution in [0.25, 0.3) is 0 Å². The van der Waals surface area contributed by atoms with Crippen molar-refractivity contribution in [3.63, 3.8) is 0 Å². The number of halogens is 1. The lowest BCUT2D eigenvalue weighted by Crippen LogP contribution is -2.49. The Balaban J connectivity index is 1.55. The van der Waals surface area contributed by atoms with Crippen molar-refractivity contribution in [1.82, 2.24) is 15.5 Å². The number of morpholine rings is 1. The number of aliphatic imine (C=N–C) groups is 1. The van der Waals surface area contributed by atoms with E-state index in [2.05, 4.69) is 22.5 Å². The highest BCUT2D eigenvalue weighted by Crippen LogP contribution is 2.22. The molecule has 2 aliphatic heterocycles. The summed E-state index contributed by atoms with van der Waals surface area (Å²) in [6.07, 6.45) is 1.00. The first kappa shape index (κ1) is 22.8. The van der Waals surface area contributed by atoms with Gasteiger partial charge in [0.25, 0.3) is 0 Å². The molecule has 0 saturated carbocycles. The maximum Gasteiger partial charge on any atom is 0.191 e. The van der Waals surface area contributed by atoms with Gasteiger partial charge in [0.05, 0.1) is 32.9 Å². The van der Waals surface area contributed by atoms with E-state index in [0.29, 0.717) is 24.3 Å². The standard InChI is InChI=1S/C22H35FN4O3/c1-3-24-22(25-14-17(2)30-20-6-4-19(23)5-7-20)26-15-21(18-8-11-29-16-18)27-9-12-28-13-10-27/h4-7,17-18,21H,3,8-16H2,1-2H3,(H2,24,25,26). The molecule has 2 heterocycles. The molecule has 7 nitrogen and oxygen atoms in total. The zero-order valence-corrected chi connectivity index (χ0v) is 18.1. The van der Waals surface area contributed by atoms with Crippen LogP contribution in [-0.2, 0) is 9.47 Å². The van der Waals surface area contributed by atoms with Crippen LogP contribution in [0, 0.1) is 11.7 Å². The number of hydrogen-bond donors (Lipinski definition) is 2. The summed E-state index contributed by atoms with van der Waals surface area (Å²) in [5, 5.41) is 6.68. The van der Waals surface area contributed by atoms with Crippen molar-refractivity contribution in [3.05, 3.63) is 30.1 Å². The molecule has 8 heteroatoms. The lowest BCUT2D eigenvalue weighted by molar-refractivity contribution is 0.00368. The second-order valence-electron chi connectivity index (χ2n) is 7.82. The molecule has 0 amide bonds. The molecule has 2 aliphatic rings. The molecule has 0 aromatic heterocycles. The van der Waals surface area contributed by atoms with E-state index in [-0.39, 0.29) is 11.9 Å². The fourth-order valence-electron chi connectivity index (χ4n) is 3.88. The molecule has 0 spiro atoms. The van der Waals surface area contributed by atoms with Gasteiger partial charge in [-0.1, -0.05) is 0 Å². The molecule has 0 radical (unpaired) electrons. The maximum atomic E-state index is 13.0. The van der Waals surface area contributed by atoms with E-state index in [1.54, 1.807) is 12.1 Å². The van der Waals surface area contributed by atoms with Gasteiger partial charge in [-0.3, -0.25) is 9.89 Å². The van der Waals surface area contributed by atoms with Crippen molar-refractivity contribution >= 4 is 5.96 Å². The van der Waals surface area contributed by atoms with Gasteiger partial charge in [-0.05, 0) is 44.5 Å². The molecule has 3 rings (SSSR count). The Labute approximate surface area is 179 Å². The van der Waals surface area contributed by atoms with Crippen LogP contribution in [0.2, 0.25) is 0 Å². The molecule has 2 saturated heterocycles. The third kappa shape index (κ3) is 7.11. The number of benzene rings is 1. The van der Waals surface area contributed by atoms with Crippen molar-refractivity contribution < 1.29 is 18.6 Å². The van der Waals surface area contributed by atoms with Gasteiger partial charge in [-0.2, -0.15) is 0 Å². The van der Waals surface area contributed by atoms with Crippen LogP contribution in [0.15, 0.2) is 29.3 Å². The Bertz CT molecular complexity index is 646. The Morgan fingerprint density at radius 1 is 1.20 bits per heavy atom. The lowest BCUT2D eigenvalue weighted by Gasteiger charge is -2.36. The topological polar surface area (TPSA) is 67.4 Å². The molecule has 30 heavy (non-hydrogen) atoms. The molecule has 0 aliphatic carbocycles. The summed E-state index contributed by atoms with van der Waals surface area (Å²) >= 11 is 0. The van der Waals surface area contributed by atoms with E-state index < -0.39 is 0 Å². The van der Waals surface area contributed by atoms with E-state index in [1.165, 1.54) is 12.1 Å². The van der Waals surface area contributed by atoms with Crippen molar-refractivity contribution in [3.8, 4) is 5.75 Å². The van der Waals surface area contributed by atoms with Gasteiger partial charge in [-0.25, -0.2) is 4.39 Å². The first-order chi connectivity index (χ1) is 14.7. The smallest absolute Gasteiger partial charge is 0.191 e. The monoisotopic (exact) mass is 422 g/mol. The number of ether oxygens (including phenoxy) is 3. The largest absolute Gasteiger partial charge is 0.489 e. The second kappa shape index (κ2) is 12.1. The van der Waals surface area contributed by atoms with Crippen LogP contribution in [0.1, 0.15) is 20.3 Å². The van der Waals surface area contributed by atoms with Gasteiger partial charge in [-0.15, -0.1) is 0 Å². The Morgan fingerprint density at radius 3 is 2.63 bits per heavy atom. The molecule has 0 bridgehead atoms. The lowest BCUT2D eigenvalue weighted by atomic mass is 9.97. The Hall–Kier alpha value is -1.90. The summed E-state index contributed by atoms with van der Waals surface area (Å²) in [6.45, 7) is 11.2. The summed E-state index contributed by atoms with van der Waals surface area (Å²) in [5.41, 5.74) is 0. The zero-order valence-electron chi connectivity index (χ0n) is 18.1. The van der Waals surface area contributed by atoms with Crippen LogP contribution in [0.4, 0.5) is 4.39 Å². The van der Waals surface area contributed by atoms with Gasteiger partial charge in [0.1, 0.15) is 17.7 Å². The van der Waals surface area contributed by atoms with Crippen LogP contribution >= 0.6 is 0 Å².